The van der Waals surface area contributed by atoms with Gasteiger partial charge in [0.1, 0.15) is 18.0 Å². The number of carbonyl (C=O) groups is 1. The Morgan fingerprint density at radius 2 is 2.07 bits per heavy atom. The zero-order valence-corrected chi connectivity index (χ0v) is 9.29. The second-order valence-corrected chi connectivity index (χ2v) is 3.49. The lowest BCUT2D eigenvalue weighted by atomic mass is 10.2. The van der Waals surface area contributed by atoms with Crippen LogP contribution in [-0.4, -0.2) is 24.2 Å². The van der Waals surface area contributed by atoms with Crippen molar-refractivity contribution in [3.05, 3.63) is 17.0 Å². The third-order valence-electron chi connectivity index (χ3n) is 2.60. The molecule has 0 radical (unpaired) electrons. The minimum Gasteiger partial charge on any atom is -0.543 e. The summed E-state index contributed by atoms with van der Waals surface area (Å²) in [6.45, 7) is 8.32. The van der Waals surface area contributed by atoms with E-state index in [0.29, 0.717) is 17.9 Å². The molecule has 1 heterocycles. The van der Waals surface area contributed by atoms with Gasteiger partial charge in [-0.15, -0.1) is 0 Å². The van der Waals surface area contributed by atoms with Gasteiger partial charge in [0.2, 0.25) is 0 Å². The maximum Gasteiger partial charge on any atom is 0.143 e. The molecule has 0 fully saturated rings. The number of carboxylic acids is 1. The van der Waals surface area contributed by atoms with Gasteiger partial charge < -0.3 is 19.3 Å². The van der Waals surface area contributed by atoms with E-state index in [1.807, 2.05) is 0 Å². The number of quaternary nitrogens is 1. The minimum absolute atomic E-state index is 0.0631. The lowest BCUT2D eigenvalue weighted by Crippen LogP contribution is -3.10. The maximum atomic E-state index is 10.8. The third kappa shape index (κ3) is 2.56. The summed E-state index contributed by atoms with van der Waals surface area (Å²) in [5, 5.41) is 14.2. The van der Waals surface area contributed by atoms with Crippen LogP contribution in [0.15, 0.2) is 4.52 Å². The molecule has 5 heteroatoms. The van der Waals surface area contributed by atoms with Crippen LogP contribution in [0.5, 0.6) is 0 Å². The Morgan fingerprint density at radius 1 is 1.47 bits per heavy atom. The summed E-state index contributed by atoms with van der Waals surface area (Å²) < 4.78 is 4.86. The van der Waals surface area contributed by atoms with E-state index in [2.05, 4.69) is 19.0 Å². The molecule has 0 bridgehead atoms. The second kappa shape index (κ2) is 4.93. The number of nitrogens with zero attached hydrogens (tertiary/aromatic N) is 1. The highest BCUT2D eigenvalue weighted by Gasteiger charge is 2.17. The van der Waals surface area contributed by atoms with Crippen LogP contribution < -0.4 is 10.0 Å². The number of rotatable bonds is 5. The molecular formula is C10H16N2O3. The van der Waals surface area contributed by atoms with Crippen LogP contribution >= 0.6 is 0 Å². The second-order valence-electron chi connectivity index (χ2n) is 3.49. The molecule has 84 valence electrons. The van der Waals surface area contributed by atoms with E-state index < -0.39 is 5.97 Å². The summed E-state index contributed by atoms with van der Waals surface area (Å²) in [5.41, 5.74) is 0.584. The number of aromatic nitrogens is 1. The number of aromatic carboxylic acids is 1. The van der Waals surface area contributed by atoms with Gasteiger partial charge in [0.25, 0.3) is 0 Å². The molecule has 5 nitrogen and oxygen atoms in total. The summed E-state index contributed by atoms with van der Waals surface area (Å²) in [6, 6.07) is 0. The molecule has 0 unspecified atom stereocenters. The van der Waals surface area contributed by atoms with Crippen LogP contribution in [0.1, 0.15) is 35.7 Å². The van der Waals surface area contributed by atoms with Gasteiger partial charge in [-0.05, 0) is 20.8 Å². The molecule has 15 heavy (non-hydrogen) atoms. The fraction of sp³-hybridized carbons (Fsp3) is 0.600. The Balaban J connectivity index is 2.91. The van der Waals surface area contributed by atoms with Crippen molar-refractivity contribution in [2.24, 2.45) is 0 Å². The van der Waals surface area contributed by atoms with Gasteiger partial charge in [-0.3, -0.25) is 0 Å². The molecule has 0 aliphatic heterocycles. The van der Waals surface area contributed by atoms with Crippen LogP contribution in [0, 0.1) is 6.92 Å². The summed E-state index contributed by atoms with van der Waals surface area (Å²) in [5.74, 6) is -0.706. The molecule has 0 amide bonds. The minimum atomic E-state index is -1.27. The Kier molecular flexibility index (Phi) is 3.85. The Bertz CT molecular complexity index is 342. The zero-order valence-electron chi connectivity index (χ0n) is 9.29. The predicted octanol–water partition coefficient (Wildman–Crippen LogP) is -1.23. The zero-order chi connectivity index (χ0) is 11.4. The van der Waals surface area contributed by atoms with E-state index in [4.69, 9.17) is 4.52 Å². The number of hydrogen-bond donors (Lipinski definition) is 1. The average Bonchev–Trinajstić information content (AvgIpc) is 2.56. The van der Waals surface area contributed by atoms with Crippen molar-refractivity contribution < 1.29 is 19.3 Å². The number of hydrogen-bond acceptors (Lipinski definition) is 4. The monoisotopic (exact) mass is 212 g/mol. The highest BCUT2D eigenvalue weighted by atomic mass is 16.5. The molecule has 0 aliphatic rings. The molecule has 1 rings (SSSR count). The molecule has 0 saturated heterocycles. The summed E-state index contributed by atoms with van der Waals surface area (Å²) in [7, 11) is 0. The molecule has 0 aromatic carbocycles. The Morgan fingerprint density at radius 3 is 2.53 bits per heavy atom. The molecule has 0 aliphatic carbocycles. The molecule has 0 saturated carbocycles. The van der Waals surface area contributed by atoms with Gasteiger partial charge in [0.05, 0.1) is 24.6 Å². The van der Waals surface area contributed by atoms with Crippen molar-refractivity contribution >= 4 is 5.97 Å². The maximum absolute atomic E-state index is 10.8. The number of carboxylic acid groups (broad SMARTS) is 1. The van der Waals surface area contributed by atoms with Gasteiger partial charge in [0, 0.05) is 0 Å². The van der Waals surface area contributed by atoms with Crippen LogP contribution in [0.2, 0.25) is 0 Å². The third-order valence-corrected chi connectivity index (χ3v) is 2.60. The number of aryl methyl sites for hydroxylation is 1. The van der Waals surface area contributed by atoms with Gasteiger partial charge in [-0.1, -0.05) is 5.16 Å². The fourth-order valence-corrected chi connectivity index (χ4v) is 1.51. The standard InChI is InChI=1S/C10H16N2O3/c1-4-12(5-2)6-8-7(3)15-11-9(8)10(13)14/h4-6H2,1-3H3,(H,13,14). The van der Waals surface area contributed by atoms with Crippen LogP contribution in [-0.2, 0) is 6.54 Å². The SMILES string of the molecule is CC[NH+](CC)Cc1c(C(=O)[O-])noc1C. The van der Waals surface area contributed by atoms with Crippen LogP contribution in [0.25, 0.3) is 0 Å². The smallest absolute Gasteiger partial charge is 0.143 e. The highest BCUT2D eigenvalue weighted by Crippen LogP contribution is 2.10. The number of carbonyl (C=O) groups excluding carboxylic acids is 1. The fourth-order valence-electron chi connectivity index (χ4n) is 1.51. The summed E-state index contributed by atoms with van der Waals surface area (Å²) in [4.78, 5) is 12.0. The quantitative estimate of drug-likeness (QED) is 0.663. The van der Waals surface area contributed by atoms with E-state index in [0.717, 1.165) is 13.1 Å². The summed E-state index contributed by atoms with van der Waals surface area (Å²) in [6.07, 6.45) is 0. The topological polar surface area (TPSA) is 70.6 Å². The van der Waals surface area contributed by atoms with Crippen molar-refractivity contribution in [3.63, 3.8) is 0 Å². The van der Waals surface area contributed by atoms with E-state index in [1.54, 1.807) is 6.92 Å². The first-order valence-corrected chi connectivity index (χ1v) is 5.10. The average molecular weight is 212 g/mol. The number of nitrogens with one attached hydrogen (secondary N) is 1. The van der Waals surface area contributed by atoms with Crippen molar-refractivity contribution in [2.45, 2.75) is 27.3 Å². The van der Waals surface area contributed by atoms with Crippen molar-refractivity contribution in [1.82, 2.24) is 5.16 Å². The lowest BCUT2D eigenvalue weighted by molar-refractivity contribution is -0.910. The van der Waals surface area contributed by atoms with Crippen molar-refractivity contribution in [2.75, 3.05) is 13.1 Å². The molecule has 1 N–H and O–H groups in total. The van der Waals surface area contributed by atoms with E-state index >= 15 is 0 Å². The molecule has 0 spiro atoms. The van der Waals surface area contributed by atoms with Gasteiger partial charge in [0.15, 0.2) is 0 Å². The van der Waals surface area contributed by atoms with E-state index in [-0.39, 0.29) is 5.69 Å². The van der Waals surface area contributed by atoms with Gasteiger partial charge in [-0.2, -0.15) is 0 Å². The molecule has 1 aromatic rings. The lowest BCUT2D eigenvalue weighted by Gasteiger charge is -2.15. The van der Waals surface area contributed by atoms with Crippen molar-refractivity contribution in [3.8, 4) is 0 Å². The van der Waals surface area contributed by atoms with Crippen molar-refractivity contribution in [1.29, 1.82) is 0 Å². The molecule has 0 atom stereocenters. The van der Waals surface area contributed by atoms with Gasteiger partial charge >= 0.3 is 0 Å². The summed E-state index contributed by atoms with van der Waals surface area (Å²) >= 11 is 0. The molecule has 1 aromatic heterocycles. The first-order valence-electron chi connectivity index (χ1n) is 5.10. The first kappa shape index (κ1) is 11.7. The van der Waals surface area contributed by atoms with Crippen LogP contribution in [0.3, 0.4) is 0 Å². The normalized spacial score (nSPS) is 10.9. The highest BCUT2D eigenvalue weighted by molar-refractivity contribution is 5.85. The first-order chi connectivity index (χ1) is 7.10. The predicted molar refractivity (Wildman–Crippen MR) is 51.3 cm³/mol. The Labute approximate surface area is 88.7 Å². The van der Waals surface area contributed by atoms with E-state index in [9.17, 15) is 9.90 Å². The van der Waals surface area contributed by atoms with Gasteiger partial charge in [-0.25, -0.2) is 0 Å². The largest absolute Gasteiger partial charge is 0.543 e. The molecular weight excluding hydrogens is 196 g/mol. The Hall–Kier alpha value is -1.36. The van der Waals surface area contributed by atoms with Crippen LogP contribution in [0.4, 0.5) is 0 Å². The van der Waals surface area contributed by atoms with E-state index in [1.165, 1.54) is 4.90 Å².